The van der Waals surface area contributed by atoms with E-state index in [0.29, 0.717) is 0 Å². The molecule has 1 aliphatic carbocycles. The molecular formula is C13H19N3O5S. The average Bonchev–Trinajstić information content (AvgIpc) is 2.97. The average molecular weight is 329 g/mol. The number of non-ortho nitro benzene ring substituents is 1. The summed E-state index contributed by atoms with van der Waals surface area (Å²) in [4.78, 5) is 9.85. The maximum atomic E-state index is 11.4. The largest absolute Gasteiger partial charge is 0.391 e. The van der Waals surface area contributed by atoms with Gasteiger partial charge in [-0.15, -0.1) is 0 Å². The number of aliphatic hydroxyl groups excluding tert-OH is 1. The number of nitrogens with one attached hydrogen (secondary N) is 1. The number of rotatable bonds is 6. The number of anilines is 1. The van der Waals surface area contributed by atoms with Gasteiger partial charge in [0.05, 0.1) is 15.9 Å². The summed E-state index contributed by atoms with van der Waals surface area (Å²) < 4.78 is 22.8. The summed E-state index contributed by atoms with van der Waals surface area (Å²) in [5, 5.41) is 28.8. The number of primary sulfonamides is 1. The van der Waals surface area contributed by atoms with Crippen LogP contribution in [0.4, 0.5) is 11.4 Å². The lowest BCUT2D eigenvalue weighted by Gasteiger charge is -2.18. The van der Waals surface area contributed by atoms with Crippen molar-refractivity contribution in [2.45, 2.75) is 36.7 Å². The molecule has 0 amide bonds. The molecule has 0 aromatic heterocycles. The van der Waals surface area contributed by atoms with Gasteiger partial charge in [0.2, 0.25) is 10.0 Å². The van der Waals surface area contributed by atoms with Crippen molar-refractivity contribution in [3.8, 4) is 0 Å². The molecule has 0 aliphatic heterocycles. The van der Waals surface area contributed by atoms with E-state index in [2.05, 4.69) is 5.32 Å². The minimum Gasteiger partial charge on any atom is -0.391 e. The second-order valence-electron chi connectivity index (χ2n) is 5.51. The molecule has 22 heavy (non-hydrogen) atoms. The molecule has 8 nitrogen and oxygen atoms in total. The highest BCUT2D eigenvalue weighted by molar-refractivity contribution is 7.89. The molecule has 0 spiro atoms. The number of nitrogens with two attached hydrogens (primary N) is 1. The first-order valence-corrected chi connectivity index (χ1v) is 8.56. The third-order valence-corrected chi connectivity index (χ3v) is 4.78. The van der Waals surface area contributed by atoms with Crippen LogP contribution in [0.5, 0.6) is 0 Å². The SMILES string of the molecule is NS(=O)(=O)c1cc(NCC(O)C2CCCC2)cc([N+](=O)[O-])c1. The van der Waals surface area contributed by atoms with Gasteiger partial charge in [-0.3, -0.25) is 10.1 Å². The van der Waals surface area contributed by atoms with Crippen LogP contribution in [-0.2, 0) is 10.0 Å². The number of nitro groups is 1. The van der Waals surface area contributed by atoms with E-state index in [1.165, 1.54) is 12.1 Å². The van der Waals surface area contributed by atoms with Gasteiger partial charge in [0, 0.05) is 24.4 Å². The maximum Gasteiger partial charge on any atom is 0.272 e. The molecule has 0 radical (unpaired) electrons. The number of hydrogen-bond donors (Lipinski definition) is 3. The molecule has 1 aliphatic rings. The number of nitrogens with zero attached hydrogens (tertiary/aromatic N) is 1. The lowest BCUT2D eigenvalue weighted by molar-refractivity contribution is -0.385. The zero-order valence-corrected chi connectivity index (χ0v) is 12.8. The second-order valence-corrected chi connectivity index (χ2v) is 7.07. The first-order valence-electron chi connectivity index (χ1n) is 7.01. The van der Waals surface area contributed by atoms with E-state index >= 15 is 0 Å². The van der Waals surface area contributed by atoms with Gasteiger partial charge >= 0.3 is 0 Å². The van der Waals surface area contributed by atoms with Crippen LogP contribution in [0.25, 0.3) is 0 Å². The molecule has 1 saturated carbocycles. The summed E-state index contributed by atoms with van der Waals surface area (Å²) in [6.07, 6.45) is 3.53. The van der Waals surface area contributed by atoms with Crippen LogP contribution in [-0.4, -0.2) is 31.1 Å². The summed E-state index contributed by atoms with van der Waals surface area (Å²) in [5.41, 5.74) is -0.125. The van der Waals surface area contributed by atoms with E-state index in [1.54, 1.807) is 0 Å². The molecule has 122 valence electrons. The van der Waals surface area contributed by atoms with Crippen LogP contribution >= 0.6 is 0 Å². The van der Waals surface area contributed by atoms with Crippen LogP contribution in [0.2, 0.25) is 0 Å². The lowest BCUT2D eigenvalue weighted by Crippen LogP contribution is -2.26. The van der Waals surface area contributed by atoms with Gasteiger partial charge in [0.25, 0.3) is 5.69 Å². The predicted octanol–water partition coefficient (Wildman–Crippen LogP) is 1.21. The molecule has 0 heterocycles. The Morgan fingerprint density at radius 2 is 2.00 bits per heavy atom. The van der Waals surface area contributed by atoms with E-state index < -0.39 is 21.1 Å². The highest BCUT2D eigenvalue weighted by Gasteiger charge is 2.23. The molecule has 1 aromatic rings. The van der Waals surface area contributed by atoms with Crippen molar-refractivity contribution in [2.24, 2.45) is 11.1 Å². The molecule has 1 unspecified atom stereocenters. The molecule has 1 atom stereocenters. The van der Waals surface area contributed by atoms with Gasteiger partial charge < -0.3 is 10.4 Å². The lowest BCUT2D eigenvalue weighted by atomic mass is 10.0. The Morgan fingerprint density at radius 1 is 1.36 bits per heavy atom. The molecule has 1 fully saturated rings. The minimum atomic E-state index is -4.04. The zero-order valence-electron chi connectivity index (χ0n) is 11.9. The number of hydrogen-bond acceptors (Lipinski definition) is 6. The van der Waals surface area contributed by atoms with E-state index in [9.17, 15) is 23.6 Å². The molecule has 2 rings (SSSR count). The van der Waals surface area contributed by atoms with Crippen LogP contribution in [0.1, 0.15) is 25.7 Å². The highest BCUT2D eigenvalue weighted by atomic mass is 32.2. The Bertz CT molecular complexity index is 656. The topological polar surface area (TPSA) is 136 Å². The fourth-order valence-corrected chi connectivity index (χ4v) is 3.26. The highest BCUT2D eigenvalue weighted by Crippen LogP contribution is 2.28. The van der Waals surface area contributed by atoms with E-state index in [-0.39, 0.29) is 28.7 Å². The Morgan fingerprint density at radius 3 is 2.55 bits per heavy atom. The Balaban J connectivity index is 2.15. The third-order valence-electron chi connectivity index (χ3n) is 3.89. The van der Waals surface area contributed by atoms with Crippen LogP contribution < -0.4 is 10.5 Å². The Hall–Kier alpha value is -1.71. The van der Waals surface area contributed by atoms with Gasteiger partial charge in [-0.1, -0.05) is 12.8 Å². The number of benzene rings is 1. The van der Waals surface area contributed by atoms with Gasteiger partial charge in [0.15, 0.2) is 0 Å². The molecule has 9 heteroatoms. The van der Waals surface area contributed by atoms with E-state index in [0.717, 1.165) is 31.7 Å². The number of aliphatic hydroxyl groups is 1. The van der Waals surface area contributed by atoms with Gasteiger partial charge in [-0.2, -0.15) is 0 Å². The van der Waals surface area contributed by atoms with E-state index in [1.807, 2.05) is 0 Å². The number of nitro benzene ring substituents is 1. The second kappa shape index (κ2) is 6.59. The van der Waals surface area contributed by atoms with Crippen molar-refractivity contribution in [1.82, 2.24) is 0 Å². The van der Waals surface area contributed by atoms with Gasteiger partial charge in [-0.25, -0.2) is 13.6 Å². The first-order chi connectivity index (χ1) is 10.3. The van der Waals surface area contributed by atoms with E-state index in [4.69, 9.17) is 5.14 Å². The summed E-state index contributed by atoms with van der Waals surface area (Å²) in [5.74, 6) is 0.212. The summed E-state index contributed by atoms with van der Waals surface area (Å²) in [6, 6.07) is 3.35. The maximum absolute atomic E-state index is 11.4. The monoisotopic (exact) mass is 329 g/mol. The van der Waals surface area contributed by atoms with Crippen molar-refractivity contribution >= 4 is 21.4 Å². The number of sulfonamides is 1. The van der Waals surface area contributed by atoms with Crippen LogP contribution in [0, 0.1) is 16.0 Å². The smallest absolute Gasteiger partial charge is 0.272 e. The van der Waals surface area contributed by atoms with Crippen molar-refractivity contribution in [1.29, 1.82) is 0 Å². The molecule has 0 bridgehead atoms. The van der Waals surface area contributed by atoms with Gasteiger partial charge in [-0.05, 0) is 24.8 Å². The fourth-order valence-electron chi connectivity index (χ4n) is 2.69. The third kappa shape index (κ3) is 4.15. The van der Waals surface area contributed by atoms with Crippen molar-refractivity contribution < 1.29 is 18.4 Å². The van der Waals surface area contributed by atoms with Crippen molar-refractivity contribution in [3.05, 3.63) is 28.3 Å². The summed E-state index contributed by atoms with van der Waals surface area (Å²) >= 11 is 0. The van der Waals surface area contributed by atoms with Crippen molar-refractivity contribution in [3.63, 3.8) is 0 Å². The first kappa shape index (κ1) is 16.7. The predicted molar refractivity (Wildman–Crippen MR) is 80.9 cm³/mol. The molecular weight excluding hydrogens is 310 g/mol. The molecule has 1 aromatic carbocycles. The molecule has 0 saturated heterocycles. The Labute approximate surface area is 128 Å². The van der Waals surface area contributed by atoms with Crippen LogP contribution in [0.3, 0.4) is 0 Å². The Kier molecular flexibility index (Phi) is 4.99. The van der Waals surface area contributed by atoms with Gasteiger partial charge in [0.1, 0.15) is 0 Å². The summed E-state index contributed by atoms with van der Waals surface area (Å²) in [7, 11) is -4.04. The standard InChI is InChI=1S/C13H19N3O5S/c14-22(20,21)12-6-10(5-11(7-12)16(18)19)15-8-13(17)9-3-1-2-4-9/h5-7,9,13,15,17H,1-4,8H2,(H2,14,20,21). The zero-order chi connectivity index (χ0) is 16.3. The van der Waals surface area contributed by atoms with Crippen LogP contribution in [0.15, 0.2) is 23.1 Å². The van der Waals surface area contributed by atoms with Crippen molar-refractivity contribution in [2.75, 3.05) is 11.9 Å². The fraction of sp³-hybridized carbons (Fsp3) is 0.538. The summed E-state index contributed by atoms with van der Waals surface area (Å²) in [6.45, 7) is 0.204. The molecule has 4 N–H and O–H groups in total. The minimum absolute atomic E-state index is 0.204. The normalized spacial score (nSPS) is 17.4. The quantitative estimate of drug-likeness (QED) is 0.530.